The van der Waals surface area contributed by atoms with Gasteiger partial charge < -0.3 is 5.73 Å². The molecule has 14 heavy (non-hydrogen) atoms. The summed E-state index contributed by atoms with van der Waals surface area (Å²) in [7, 11) is 0. The molecule has 0 bridgehead atoms. The Morgan fingerprint density at radius 3 is 1.50 bits per heavy atom. The van der Waals surface area contributed by atoms with Gasteiger partial charge in [0.05, 0.1) is 0 Å². The average Bonchev–Trinajstić information content (AvgIpc) is 2.16. The molecule has 0 aromatic rings. The second-order valence-corrected chi connectivity index (χ2v) is 4.64. The maximum atomic E-state index is 5.62. The Hall–Kier alpha value is -0.0400. The number of hydrogen-bond donors (Lipinski definition) is 1. The highest BCUT2D eigenvalue weighted by Crippen LogP contribution is 2.39. The largest absolute Gasteiger partial charge is 0.330 e. The Labute approximate surface area is 90.5 Å². The summed E-state index contributed by atoms with van der Waals surface area (Å²) >= 11 is 0. The molecule has 0 unspecified atom stereocenters. The Morgan fingerprint density at radius 1 is 0.786 bits per heavy atom. The highest BCUT2D eigenvalue weighted by atomic mass is 14.5. The van der Waals surface area contributed by atoms with Crippen LogP contribution in [0.15, 0.2) is 0 Å². The minimum Gasteiger partial charge on any atom is -0.330 e. The molecule has 0 aliphatic carbocycles. The molecule has 0 aliphatic heterocycles. The van der Waals surface area contributed by atoms with Crippen molar-refractivity contribution in [2.75, 3.05) is 6.54 Å². The SMILES string of the molecule is CCCC(CCC)(CCC)CCCN. The highest BCUT2D eigenvalue weighted by molar-refractivity contribution is 4.78. The van der Waals surface area contributed by atoms with Crippen LogP contribution in [-0.4, -0.2) is 6.54 Å². The molecule has 0 aromatic carbocycles. The second kappa shape index (κ2) is 8.28. The lowest BCUT2D eigenvalue weighted by molar-refractivity contribution is 0.189. The van der Waals surface area contributed by atoms with Crippen LogP contribution >= 0.6 is 0 Å². The van der Waals surface area contributed by atoms with Gasteiger partial charge in [-0.15, -0.1) is 0 Å². The van der Waals surface area contributed by atoms with Crippen LogP contribution in [0.1, 0.15) is 72.1 Å². The van der Waals surface area contributed by atoms with Crippen molar-refractivity contribution in [1.82, 2.24) is 0 Å². The van der Waals surface area contributed by atoms with Crippen LogP contribution in [0.3, 0.4) is 0 Å². The molecule has 0 amide bonds. The van der Waals surface area contributed by atoms with Crippen LogP contribution in [0.2, 0.25) is 0 Å². The molecule has 0 aromatic heterocycles. The number of rotatable bonds is 9. The minimum absolute atomic E-state index is 0.623. The molecule has 0 aliphatic rings. The van der Waals surface area contributed by atoms with E-state index in [1.54, 1.807) is 0 Å². The van der Waals surface area contributed by atoms with Gasteiger partial charge >= 0.3 is 0 Å². The van der Waals surface area contributed by atoms with Gasteiger partial charge in [-0.2, -0.15) is 0 Å². The average molecular weight is 199 g/mol. The fraction of sp³-hybridized carbons (Fsp3) is 1.00. The third-order valence-corrected chi connectivity index (χ3v) is 3.25. The molecule has 0 atom stereocenters. The first-order valence-corrected chi connectivity index (χ1v) is 6.44. The second-order valence-electron chi connectivity index (χ2n) is 4.64. The monoisotopic (exact) mass is 199 g/mol. The Kier molecular flexibility index (Phi) is 8.26. The maximum Gasteiger partial charge on any atom is -0.00771 e. The fourth-order valence-electron chi connectivity index (χ4n) is 2.82. The van der Waals surface area contributed by atoms with Gasteiger partial charge in [-0.1, -0.05) is 40.0 Å². The van der Waals surface area contributed by atoms with E-state index in [4.69, 9.17) is 5.73 Å². The van der Waals surface area contributed by atoms with Gasteiger partial charge in [-0.05, 0) is 44.1 Å². The molecule has 0 fully saturated rings. The van der Waals surface area contributed by atoms with Crippen LogP contribution in [0.25, 0.3) is 0 Å². The summed E-state index contributed by atoms with van der Waals surface area (Å²) in [5.41, 5.74) is 6.25. The normalized spacial score (nSPS) is 12.0. The minimum atomic E-state index is 0.623. The van der Waals surface area contributed by atoms with Crippen LogP contribution in [0.5, 0.6) is 0 Å². The van der Waals surface area contributed by atoms with E-state index in [-0.39, 0.29) is 0 Å². The molecule has 1 heteroatoms. The van der Waals surface area contributed by atoms with Gasteiger partial charge in [0.15, 0.2) is 0 Å². The van der Waals surface area contributed by atoms with E-state index in [1.807, 2.05) is 0 Å². The zero-order valence-electron chi connectivity index (χ0n) is 10.4. The predicted molar refractivity (Wildman–Crippen MR) is 65.4 cm³/mol. The first-order chi connectivity index (χ1) is 6.74. The molecule has 0 saturated carbocycles. The van der Waals surface area contributed by atoms with E-state index in [1.165, 1.54) is 51.4 Å². The summed E-state index contributed by atoms with van der Waals surface area (Å²) in [5.74, 6) is 0. The van der Waals surface area contributed by atoms with Gasteiger partial charge in [0.1, 0.15) is 0 Å². The Balaban J connectivity index is 4.21. The number of hydrogen-bond acceptors (Lipinski definition) is 1. The molecule has 86 valence electrons. The number of nitrogens with two attached hydrogens (primary N) is 1. The summed E-state index contributed by atoms with van der Waals surface area (Å²) in [6.45, 7) is 7.78. The zero-order chi connectivity index (χ0) is 10.9. The first kappa shape index (κ1) is 14.0. The van der Waals surface area contributed by atoms with Crippen molar-refractivity contribution >= 4 is 0 Å². The quantitative estimate of drug-likeness (QED) is 0.594. The molecule has 0 heterocycles. The van der Waals surface area contributed by atoms with Crippen molar-refractivity contribution in [2.24, 2.45) is 11.1 Å². The predicted octanol–water partition coefficient (Wildman–Crippen LogP) is 4.11. The summed E-state index contributed by atoms with van der Waals surface area (Å²) in [6, 6.07) is 0. The standard InChI is InChI=1S/C13H29N/c1-4-8-13(9-5-2,10-6-3)11-7-12-14/h4-12,14H2,1-3H3. The van der Waals surface area contributed by atoms with Gasteiger partial charge in [0, 0.05) is 0 Å². The smallest absolute Gasteiger partial charge is 0.00771 e. The van der Waals surface area contributed by atoms with Crippen LogP contribution in [-0.2, 0) is 0 Å². The van der Waals surface area contributed by atoms with Crippen molar-refractivity contribution in [2.45, 2.75) is 72.1 Å². The Bertz CT molecular complexity index is 103. The third-order valence-electron chi connectivity index (χ3n) is 3.25. The molecule has 1 nitrogen and oxygen atoms in total. The van der Waals surface area contributed by atoms with Crippen molar-refractivity contribution in [3.8, 4) is 0 Å². The van der Waals surface area contributed by atoms with Gasteiger partial charge in [0.2, 0.25) is 0 Å². The van der Waals surface area contributed by atoms with Crippen molar-refractivity contribution in [3.63, 3.8) is 0 Å². The van der Waals surface area contributed by atoms with Crippen LogP contribution in [0.4, 0.5) is 0 Å². The molecule has 0 spiro atoms. The topological polar surface area (TPSA) is 26.0 Å². The van der Waals surface area contributed by atoms with E-state index in [2.05, 4.69) is 20.8 Å². The van der Waals surface area contributed by atoms with Crippen molar-refractivity contribution in [1.29, 1.82) is 0 Å². The fourth-order valence-corrected chi connectivity index (χ4v) is 2.82. The highest BCUT2D eigenvalue weighted by Gasteiger charge is 2.26. The summed E-state index contributed by atoms with van der Waals surface area (Å²) in [5, 5.41) is 0. The van der Waals surface area contributed by atoms with Gasteiger partial charge in [0.25, 0.3) is 0 Å². The molecule has 0 saturated heterocycles. The molecular formula is C13H29N. The van der Waals surface area contributed by atoms with Crippen LogP contribution in [0, 0.1) is 5.41 Å². The molecule has 0 rings (SSSR count). The maximum absolute atomic E-state index is 5.62. The lowest BCUT2D eigenvalue weighted by Gasteiger charge is -2.33. The van der Waals surface area contributed by atoms with E-state index in [0.29, 0.717) is 5.41 Å². The Morgan fingerprint density at radius 2 is 1.21 bits per heavy atom. The van der Waals surface area contributed by atoms with Gasteiger partial charge in [-0.25, -0.2) is 0 Å². The summed E-state index contributed by atoms with van der Waals surface area (Å²) < 4.78 is 0. The van der Waals surface area contributed by atoms with E-state index in [9.17, 15) is 0 Å². The first-order valence-electron chi connectivity index (χ1n) is 6.44. The zero-order valence-corrected chi connectivity index (χ0v) is 10.4. The molecular weight excluding hydrogens is 170 g/mol. The van der Waals surface area contributed by atoms with E-state index < -0.39 is 0 Å². The lowest BCUT2D eigenvalue weighted by Crippen LogP contribution is -2.21. The van der Waals surface area contributed by atoms with E-state index in [0.717, 1.165) is 6.54 Å². The molecule has 0 radical (unpaired) electrons. The summed E-state index contributed by atoms with van der Waals surface area (Å²) in [4.78, 5) is 0. The lowest BCUT2D eigenvalue weighted by atomic mass is 9.72. The van der Waals surface area contributed by atoms with Crippen molar-refractivity contribution < 1.29 is 0 Å². The molecule has 2 N–H and O–H groups in total. The van der Waals surface area contributed by atoms with Crippen LogP contribution < -0.4 is 5.73 Å². The van der Waals surface area contributed by atoms with E-state index >= 15 is 0 Å². The van der Waals surface area contributed by atoms with Gasteiger partial charge in [-0.3, -0.25) is 0 Å². The third kappa shape index (κ3) is 4.99. The summed E-state index contributed by atoms with van der Waals surface area (Å²) in [6.07, 6.45) is 10.7. The van der Waals surface area contributed by atoms with Crippen molar-refractivity contribution in [3.05, 3.63) is 0 Å².